The zero-order valence-corrected chi connectivity index (χ0v) is 8.64. The van der Waals surface area contributed by atoms with Crippen LogP contribution < -0.4 is 5.73 Å². The molecule has 0 aliphatic heterocycles. The number of benzene rings is 1. The Kier molecular flexibility index (Phi) is 3.59. The van der Waals surface area contributed by atoms with Crippen molar-refractivity contribution >= 4 is 5.91 Å². The van der Waals surface area contributed by atoms with E-state index in [0.29, 0.717) is 6.07 Å². The molecule has 0 saturated carbocycles. The standard InChI is InChI=1S/C10H7F6NO/c11-7(9(12,13)10(14,15)16)5-2-1-3-6(4-5)8(17)18/h1-4,7H,(H2,17,18). The smallest absolute Gasteiger partial charge is 0.366 e. The van der Waals surface area contributed by atoms with E-state index in [4.69, 9.17) is 5.73 Å². The third kappa shape index (κ3) is 2.57. The van der Waals surface area contributed by atoms with Crippen molar-refractivity contribution < 1.29 is 31.1 Å². The first kappa shape index (κ1) is 14.3. The lowest BCUT2D eigenvalue weighted by Gasteiger charge is -2.23. The van der Waals surface area contributed by atoms with Crippen LogP contribution in [0, 0.1) is 0 Å². The van der Waals surface area contributed by atoms with Gasteiger partial charge in [0.1, 0.15) is 0 Å². The molecule has 0 spiro atoms. The van der Waals surface area contributed by atoms with E-state index in [-0.39, 0.29) is 5.56 Å². The van der Waals surface area contributed by atoms with Gasteiger partial charge in [0.25, 0.3) is 0 Å². The summed E-state index contributed by atoms with van der Waals surface area (Å²) in [4.78, 5) is 10.7. The Morgan fingerprint density at radius 2 is 1.72 bits per heavy atom. The van der Waals surface area contributed by atoms with Crippen LogP contribution in [0.25, 0.3) is 0 Å². The highest BCUT2D eigenvalue weighted by molar-refractivity contribution is 5.92. The molecule has 18 heavy (non-hydrogen) atoms. The van der Waals surface area contributed by atoms with Gasteiger partial charge in [0.2, 0.25) is 5.91 Å². The van der Waals surface area contributed by atoms with Gasteiger partial charge in [-0.05, 0) is 17.7 Å². The molecule has 0 heterocycles. The van der Waals surface area contributed by atoms with E-state index < -0.39 is 29.7 Å². The highest BCUT2D eigenvalue weighted by Gasteiger charge is 2.63. The fourth-order valence-electron chi connectivity index (χ4n) is 1.20. The predicted octanol–water partition coefficient (Wildman–Crippen LogP) is 2.99. The van der Waals surface area contributed by atoms with E-state index in [0.717, 1.165) is 18.2 Å². The lowest BCUT2D eigenvalue weighted by molar-refractivity contribution is -0.305. The number of carbonyl (C=O) groups excluding carboxylic acids is 1. The lowest BCUT2D eigenvalue weighted by Crippen LogP contribution is -2.40. The SMILES string of the molecule is NC(=O)c1cccc(C(F)C(F)(F)C(F)(F)F)c1. The molecule has 0 radical (unpaired) electrons. The Bertz CT molecular complexity index is 456. The minimum absolute atomic E-state index is 0.354. The summed E-state index contributed by atoms with van der Waals surface area (Å²) >= 11 is 0. The largest absolute Gasteiger partial charge is 0.456 e. The average molecular weight is 271 g/mol. The number of amides is 1. The van der Waals surface area contributed by atoms with Crippen molar-refractivity contribution in [3.63, 3.8) is 0 Å². The quantitative estimate of drug-likeness (QED) is 0.844. The second kappa shape index (κ2) is 4.51. The van der Waals surface area contributed by atoms with Gasteiger partial charge >= 0.3 is 12.1 Å². The number of hydrogen-bond donors (Lipinski definition) is 1. The molecule has 1 atom stereocenters. The molecule has 100 valence electrons. The molecule has 1 aromatic carbocycles. The Labute approximate surface area is 97.4 Å². The molecule has 0 saturated heterocycles. The Morgan fingerprint density at radius 3 is 2.17 bits per heavy atom. The molecule has 0 aromatic heterocycles. The molecule has 1 unspecified atom stereocenters. The third-order valence-electron chi connectivity index (χ3n) is 2.16. The highest BCUT2D eigenvalue weighted by atomic mass is 19.4. The van der Waals surface area contributed by atoms with Crippen LogP contribution in [0.5, 0.6) is 0 Å². The molecular formula is C10H7F6NO. The molecule has 0 bridgehead atoms. The second-order valence-corrected chi connectivity index (χ2v) is 3.47. The van der Waals surface area contributed by atoms with Crippen LogP contribution in [0.1, 0.15) is 22.1 Å². The first-order chi connectivity index (χ1) is 8.07. The number of alkyl halides is 6. The number of nitrogens with two attached hydrogens (primary N) is 1. The van der Waals surface area contributed by atoms with E-state index in [9.17, 15) is 31.1 Å². The second-order valence-electron chi connectivity index (χ2n) is 3.47. The van der Waals surface area contributed by atoms with Crippen LogP contribution in [0.3, 0.4) is 0 Å². The van der Waals surface area contributed by atoms with Crippen LogP contribution in [-0.2, 0) is 0 Å². The monoisotopic (exact) mass is 271 g/mol. The normalized spacial score (nSPS) is 14.3. The molecule has 2 nitrogen and oxygen atoms in total. The van der Waals surface area contributed by atoms with Crippen molar-refractivity contribution in [1.29, 1.82) is 0 Å². The molecule has 0 aliphatic rings. The highest BCUT2D eigenvalue weighted by Crippen LogP contribution is 2.46. The molecule has 1 rings (SSSR count). The van der Waals surface area contributed by atoms with Gasteiger partial charge < -0.3 is 5.73 Å². The van der Waals surface area contributed by atoms with Gasteiger partial charge in [-0.3, -0.25) is 4.79 Å². The summed E-state index contributed by atoms with van der Waals surface area (Å²) in [6.07, 6.45) is -9.62. The first-order valence-electron chi connectivity index (χ1n) is 4.55. The zero-order chi connectivity index (χ0) is 14.1. The Morgan fingerprint density at radius 1 is 1.17 bits per heavy atom. The van der Waals surface area contributed by atoms with Crippen LogP contribution in [0.4, 0.5) is 26.3 Å². The summed E-state index contributed by atoms with van der Waals surface area (Å²) in [6.45, 7) is 0. The van der Waals surface area contributed by atoms with Gasteiger partial charge in [0.15, 0.2) is 6.17 Å². The van der Waals surface area contributed by atoms with Gasteiger partial charge in [0.05, 0.1) is 0 Å². The molecule has 0 fully saturated rings. The summed E-state index contributed by atoms with van der Waals surface area (Å²) in [5, 5.41) is 0. The van der Waals surface area contributed by atoms with E-state index >= 15 is 0 Å². The summed E-state index contributed by atoms with van der Waals surface area (Å²) in [5.74, 6) is -6.59. The number of halogens is 6. The fraction of sp³-hybridized carbons (Fsp3) is 0.300. The van der Waals surface area contributed by atoms with E-state index in [1.54, 1.807) is 0 Å². The van der Waals surface area contributed by atoms with Crippen molar-refractivity contribution in [2.45, 2.75) is 18.3 Å². The van der Waals surface area contributed by atoms with Gasteiger partial charge in [-0.1, -0.05) is 12.1 Å². The minimum Gasteiger partial charge on any atom is -0.366 e. The van der Waals surface area contributed by atoms with Crippen molar-refractivity contribution in [1.82, 2.24) is 0 Å². The maximum atomic E-state index is 13.2. The van der Waals surface area contributed by atoms with Gasteiger partial charge in [-0.15, -0.1) is 0 Å². The average Bonchev–Trinajstić information content (AvgIpc) is 2.26. The maximum absolute atomic E-state index is 13.2. The van der Waals surface area contributed by atoms with Crippen LogP contribution in [0.15, 0.2) is 24.3 Å². The van der Waals surface area contributed by atoms with E-state index in [2.05, 4.69) is 0 Å². The van der Waals surface area contributed by atoms with E-state index in [1.165, 1.54) is 0 Å². The Hall–Kier alpha value is -1.73. The molecule has 1 amide bonds. The molecule has 0 aliphatic carbocycles. The number of carbonyl (C=O) groups is 1. The van der Waals surface area contributed by atoms with Crippen molar-refractivity contribution in [3.8, 4) is 0 Å². The van der Waals surface area contributed by atoms with E-state index in [1.807, 2.05) is 0 Å². The third-order valence-corrected chi connectivity index (χ3v) is 2.16. The maximum Gasteiger partial charge on any atom is 0.456 e. The number of hydrogen-bond acceptors (Lipinski definition) is 1. The Balaban J connectivity index is 3.15. The zero-order valence-electron chi connectivity index (χ0n) is 8.64. The van der Waals surface area contributed by atoms with Gasteiger partial charge in [-0.2, -0.15) is 22.0 Å². The summed E-state index contributed by atoms with van der Waals surface area (Å²) in [7, 11) is 0. The molecular weight excluding hydrogens is 264 g/mol. The lowest BCUT2D eigenvalue weighted by atomic mass is 10.0. The molecule has 1 aromatic rings. The van der Waals surface area contributed by atoms with Crippen LogP contribution >= 0.6 is 0 Å². The van der Waals surface area contributed by atoms with Crippen LogP contribution in [-0.4, -0.2) is 18.0 Å². The first-order valence-corrected chi connectivity index (χ1v) is 4.55. The fourth-order valence-corrected chi connectivity index (χ4v) is 1.20. The number of rotatable bonds is 3. The van der Waals surface area contributed by atoms with Crippen molar-refractivity contribution in [2.75, 3.05) is 0 Å². The summed E-state index contributed by atoms with van der Waals surface area (Å²) in [5.41, 5.74) is 3.49. The molecule has 2 N–H and O–H groups in total. The van der Waals surface area contributed by atoms with Crippen molar-refractivity contribution in [2.24, 2.45) is 5.73 Å². The molecule has 8 heteroatoms. The predicted molar refractivity (Wildman–Crippen MR) is 49.8 cm³/mol. The van der Waals surface area contributed by atoms with Crippen LogP contribution in [0.2, 0.25) is 0 Å². The summed E-state index contributed by atoms with van der Waals surface area (Å²) in [6, 6.07) is 3.32. The van der Waals surface area contributed by atoms with Gasteiger partial charge in [0, 0.05) is 5.56 Å². The summed E-state index contributed by atoms with van der Waals surface area (Å²) < 4.78 is 74.5. The topological polar surface area (TPSA) is 43.1 Å². The van der Waals surface area contributed by atoms with Crippen molar-refractivity contribution in [3.05, 3.63) is 35.4 Å². The van der Waals surface area contributed by atoms with Gasteiger partial charge in [-0.25, -0.2) is 4.39 Å². The number of primary amides is 1. The minimum atomic E-state index is -6.02.